The Labute approximate surface area is 212 Å². The van der Waals surface area contributed by atoms with Gasteiger partial charge in [-0.25, -0.2) is 4.57 Å². The van der Waals surface area contributed by atoms with E-state index >= 15 is 0 Å². The minimum Gasteiger partial charge on any atom is -0.349 e. The van der Waals surface area contributed by atoms with Crippen LogP contribution >= 0.6 is 0 Å². The molecule has 0 aromatic carbocycles. The second kappa shape index (κ2) is 19.3. The molecule has 3 atom stereocenters. The molecular formula is C31H56NO2+. The first-order chi connectivity index (χ1) is 16.7. The van der Waals surface area contributed by atoms with Gasteiger partial charge >= 0.3 is 0 Å². The lowest BCUT2D eigenvalue weighted by Crippen LogP contribution is -2.27. The van der Waals surface area contributed by atoms with Gasteiger partial charge in [0.05, 0.1) is 12.7 Å². The number of nitrogens with zero attached hydrogens (tertiary/aromatic N) is 1. The van der Waals surface area contributed by atoms with Crippen molar-refractivity contribution in [3.05, 3.63) is 30.1 Å². The SMILES string of the molecule is CCCCCCCCCCCCCCCCCCC(C)C1CCC(OCc2ccc[n+](C)c2)O1. The molecule has 1 saturated heterocycles. The summed E-state index contributed by atoms with van der Waals surface area (Å²) in [5.41, 5.74) is 1.21. The van der Waals surface area contributed by atoms with Crippen molar-refractivity contribution >= 4 is 0 Å². The average molecular weight is 475 g/mol. The van der Waals surface area contributed by atoms with E-state index in [9.17, 15) is 0 Å². The molecule has 1 aliphatic heterocycles. The molecule has 3 nitrogen and oxygen atoms in total. The lowest BCUT2D eigenvalue weighted by Gasteiger charge is -2.20. The van der Waals surface area contributed by atoms with Crippen LogP contribution in [-0.4, -0.2) is 12.4 Å². The Kier molecular flexibility index (Phi) is 16.6. The fraction of sp³-hybridized carbons (Fsp3) is 0.839. The van der Waals surface area contributed by atoms with Crippen LogP contribution in [0.25, 0.3) is 0 Å². The second-order valence-electron chi connectivity index (χ2n) is 10.9. The molecule has 2 rings (SSSR count). The van der Waals surface area contributed by atoms with Gasteiger partial charge in [0.25, 0.3) is 0 Å². The van der Waals surface area contributed by atoms with Crippen LogP contribution in [0.2, 0.25) is 0 Å². The zero-order chi connectivity index (χ0) is 24.3. The van der Waals surface area contributed by atoms with Crippen LogP contribution < -0.4 is 4.57 Å². The molecule has 0 radical (unpaired) electrons. The standard InChI is InChI=1S/C31H56NO2/c1-4-5-6-7-8-9-10-11-12-13-14-15-16-17-18-19-21-28(2)30-23-24-31(34-30)33-27-29-22-20-25-32(3)26-29/h20,22,25-26,28,30-31H,4-19,21,23-24,27H2,1-3H3/q+1. The van der Waals surface area contributed by atoms with Crippen molar-refractivity contribution < 1.29 is 14.0 Å². The molecule has 1 aromatic heterocycles. The maximum absolute atomic E-state index is 6.23. The first-order valence-electron chi connectivity index (χ1n) is 14.9. The molecular weight excluding hydrogens is 418 g/mol. The number of ether oxygens (including phenoxy) is 2. The summed E-state index contributed by atoms with van der Waals surface area (Å²) in [6, 6.07) is 4.18. The van der Waals surface area contributed by atoms with Crippen molar-refractivity contribution in [2.45, 2.75) is 155 Å². The first kappa shape index (κ1) is 29.3. The Bertz CT molecular complexity index is 605. The molecule has 0 bridgehead atoms. The first-order valence-corrected chi connectivity index (χ1v) is 14.9. The van der Waals surface area contributed by atoms with Crippen LogP contribution in [0.3, 0.4) is 0 Å². The molecule has 3 unspecified atom stereocenters. The van der Waals surface area contributed by atoms with Crippen LogP contribution in [-0.2, 0) is 23.1 Å². The summed E-state index contributed by atoms with van der Waals surface area (Å²) >= 11 is 0. The van der Waals surface area contributed by atoms with Crippen molar-refractivity contribution in [3.63, 3.8) is 0 Å². The summed E-state index contributed by atoms with van der Waals surface area (Å²) in [4.78, 5) is 0. The van der Waals surface area contributed by atoms with Crippen LogP contribution in [0.15, 0.2) is 24.5 Å². The Hall–Kier alpha value is -0.930. The van der Waals surface area contributed by atoms with Crippen molar-refractivity contribution in [2.24, 2.45) is 13.0 Å². The van der Waals surface area contributed by atoms with E-state index in [-0.39, 0.29) is 6.29 Å². The highest BCUT2D eigenvalue weighted by Crippen LogP contribution is 2.29. The molecule has 0 amide bonds. The quantitative estimate of drug-likeness (QED) is 0.131. The lowest BCUT2D eigenvalue weighted by molar-refractivity contribution is -0.672. The Morgan fingerprint density at radius 1 is 0.853 bits per heavy atom. The van der Waals surface area contributed by atoms with E-state index < -0.39 is 0 Å². The topological polar surface area (TPSA) is 22.3 Å². The van der Waals surface area contributed by atoms with Gasteiger partial charge in [0, 0.05) is 18.1 Å². The monoisotopic (exact) mass is 474 g/mol. The lowest BCUT2D eigenvalue weighted by atomic mass is 9.95. The van der Waals surface area contributed by atoms with Gasteiger partial charge < -0.3 is 9.47 Å². The van der Waals surface area contributed by atoms with Gasteiger partial charge in [-0.2, -0.15) is 0 Å². The summed E-state index contributed by atoms with van der Waals surface area (Å²) in [6.45, 7) is 5.31. The highest BCUT2D eigenvalue weighted by molar-refractivity contribution is 5.03. The molecule has 2 heterocycles. The number of aromatic nitrogens is 1. The summed E-state index contributed by atoms with van der Waals surface area (Å²) < 4.78 is 14.3. The van der Waals surface area contributed by atoms with E-state index in [1.54, 1.807) is 0 Å². The number of aryl methyl sites for hydroxylation is 1. The molecule has 0 spiro atoms. The number of hydrogen-bond acceptors (Lipinski definition) is 2. The molecule has 3 heteroatoms. The Balaban J connectivity index is 1.35. The number of unbranched alkanes of at least 4 members (excludes halogenated alkanes) is 15. The Morgan fingerprint density at radius 2 is 1.41 bits per heavy atom. The third kappa shape index (κ3) is 13.8. The summed E-state index contributed by atoms with van der Waals surface area (Å²) in [5, 5.41) is 0. The van der Waals surface area contributed by atoms with Crippen LogP contribution in [0.1, 0.15) is 141 Å². The fourth-order valence-electron chi connectivity index (χ4n) is 5.30. The largest absolute Gasteiger partial charge is 0.349 e. The summed E-state index contributed by atoms with van der Waals surface area (Å²) in [5.74, 6) is 0.648. The minimum atomic E-state index is -0.0243. The second-order valence-corrected chi connectivity index (χ2v) is 10.9. The van der Waals surface area contributed by atoms with Gasteiger partial charge in [-0.3, -0.25) is 0 Å². The van der Waals surface area contributed by atoms with Crippen molar-refractivity contribution in [1.82, 2.24) is 0 Å². The van der Waals surface area contributed by atoms with Crippen molar-refractivity contribution in [3.8, 4) is 0 Å². The molecule has 0 N–H and O–H groups in total. The van der Waals surface area contributed by atoms with Gasteiger partial charge in [-0.15, -0.1) is 0 Å². The van der Waals surface area contributed by atoms with E-state index in [1.165, 1.54) is 115 Å². The zero-order valence-corrected chi connectivity index (χ0v) is 22.9. The molecule has 1 fully saturated rings. The van der Waals surface area contributed by atoms with E-state index in [0.29, 0.717) is 18.6 Å². The highest BCUT2D eigenvalue weighted by Gasteiger charge is 2.29. The van der Waals surface area contributed by atoms with E-state index in [0.717, 1.165) is 12.8 Å². The van der Waals surface area contributed by atoms with E-state index in [2.05, 4.69) is 36.7 Å². The molecule has 1 aliphatic rings. The summed E-state index contributed by atoms with van der Waals surface area (Å²) in [7, 11) is 2.05. The van der Waals surface area contributed by atoms with Gasteiger partial charge in [0.15, 0.2) is 18.7 Å². The predicted molar refractivity (Wildman–Crippen MR) is 144 cm³/mol. The predicted octanol–water partition coefficient (Wildman–Crippen LogP) is 8.82. The van der Waals surface area contributed by atoms with Crippen molar-refractivity contribution in [2.75, 3.05) is 0 Å². The maximum Gasteiger partial charge on any atom is 0.174 e. The molecule has 0 saturated carbocycles. The Morgan fingerprint density at radius 3 is 1.97 bits per heavy atom. The molecule has 34 heavy (non-hydrogen) atoms. The number of rotatable bonds is 21. The van der Waals surface area contributed by atoms with Crippen LogP contribution in [0.4, 0.5) is 0 Å². The molecule has 196 valence electrons. The fourth-order valence-corrected chi connectivity index (χ4v) is 5.30. The van der Waals surface area contributed by atoms with Crippen LogP contribution in [0, 0.1) is 5.92 Å². The van der Waals surface area contributed by atoms with Crippen molar-refractivity contribution in [1.29, 1.82) is 0 Å². The van der Waals surface area contributed by atoms with E-state index in [1.807, 2.05) is 13.2 Å². The number of pyridine rings is 1. The normalized spacial score (nSPS) is 19.0. The average Bonchev–Trinajstić information content (AvgIpc) is 3.32. The maximum atomic E-state index is 6.23. The van der Waals surface area contributed by atoms with Gasteiger partial charge in [-0.1, -0.05) is 117 Å². The molecule has 1 aromatic rings. The van der Waals surface area contributed by atoms with Crippen LogP contribution in [0.5, 0.6) is 0 Å². The smallest absolute Gasteiger partial charge is 0.174 e. The zero-order valence-electron chi connectivity index (χ0n) is 22.9. The van der Waals surface area contributed by atoms with Gasteiger partial charge in [0.2, 0.25) is 0 Å². The highest BCUT2D eigenvalue weighted by atomic mass is 16.7. The third-order valence-electron chi connectivity index (χ3n) is 7.60. The third-order valence-corrected chi connectivity index (χ3v) is 7.60. The van der Waals surface area contributed by atoms with E-state index in [4.69, 9.17) is 9.47 Å². The minimum absolute atomic E-state index is 0.0243. The van der Waals surface area contributed by atoms with Gasteiger partial charge in [0.1, 0.15) is 7.05 Å². The summed E-state index contributed by atoms with van der Waals surface area (Å²) in [6.07, 6.45) is 31.0. The molecule has 0 aliphatic carbocycles. The number of hydrogen-bond donors (Lipinski definition) is 0. The van der Waals surface area contributed by atoms with Gasteiger partial charge in [-0.05, 0) is 24.8 Å².